The van der Waals surface area contributed by atoms with E-state index >= 15 is 0 Å². The highest BCUT2D eigenvalue weighted by Crippen LogP contribution is 2.29. The summed E-state index contributed by atoms with van der Waals surface area (Å²) in [4.78, 5) is 0. The van der Waals surface area contributed by atoms with E-state index in [9.17, 15) is 0 Å². The maximum Gasteiger partial charge on any atom is 0.123 e. The molecule has 0 aliphatic rings. The van der Waals surface area contributed by atoms with Gasteiger partial charge in [-0.3, -0.25) is 5.41 Å². The van der Waals surface area contributed by atoms with Crippen LogP contribution in [0.3, 0.4) is 0 Å². The van der Waals surface area contributed by atoms with Crippen molar-refractivity contribution in [3.63, 3.8) is 0 Å². The third-order valence-electron chi connectivity index (χ3n) is 2.99. The van der Waals surface area contributed by atoms with Crippen LogP contribution in [0, 0.1) is 12.3 Å². The minimum absolute atomic E-state index is 0.0122. The molecule has 1 aromatic carbocycles. The number of benzene rings is 1. The quantitative estimate of drug-likeness (QED) is 0.597. The molecule has 3 heteroatoms. The molecule has 0 heterocycles. The Morgan fingerprint density at radius 3 is 2.56 bits per heavy atom. The van der Waals surface area contributed by atoms with Gasteiger partial charge in [-0.1, -0.05) is 32.9 Å². The Labute approximate surface area is 110 Å². The van der Waals surface area contributed by atoms with E-state index in [2.05, 4.69) is 45.9 Å². The number of hydrogen-bond acceptors (Lipinski definition) is 2. The molecule has 0 radical (unpaired) electrons. The zero-order valence-electron chi connectivity index (χ0n) is 11.8. The van der Waals surface area contributed by atoms with Crippen LogP contribution in [0.4, 0.5) is 0 Å². The summed E-state index contributed by atoms with van der Waals surface area (Å²) in [5, 5.41) is 7.37. The SMILES string of the molecule is CCC(CC(=N)N)Oc1cc(C)ccc1C(C)C. The highest BCUT2D eigenvalue weighted by Gasteiger charge is 2.14. The molecule has 1 unspecified atom stereocenters. The first-order valence-electron chi connectivity index (χ1n) is 6.54. The van der Waals surface area contributed by atoms with E-state index in [1.807, 2.05) is 0 Å². The number of rotatable bonds is 6. The molecule has 0 spiro atoms. The van der Waals surface area contributed by atoms with Crippen molar-refractivity contribution in [1.29, 1.82) is 5.41 Å². The van der Waals surface area contributed by atoms with Gasteiger partial charge in [0, 0.05) is 6.42 Å². The molecule has 0 fully saturated rings. The fraction of sp³-hybridized carbons (Fsp3) is 0.533. The summed E-state index contributed by atoms with van der Waals surface area (Å²) in [6.07, 6.45) is 1.33. The molecule has 1 aromatic rings. The second-order valence-corrected chi connectivity index (χ2v) is 5.07. The van der Waals surface area contributed by atoms with Gasteiger partial charge in [-0.25, -0.2) is 0 Å². The molecule has 100 valence electrons. The van der Waals surface area contributed by atoms with Gasteiger partial charge >= 0.3 is 0 Å². The van der Waals surface area contributed by atoms with Crippen molar-refractivity contribution < 1.29 is 4.74 Å². The van der Waals surface area contributed by atoms with Crippen LogP contribution < -0.4 is 10.5 Å². The third kappa shape index (κ3) is 4.06. The minimum Gasteiger partial charge on any atom is -0.490 e. The summed E-state index contributed by atoms with van der Waals surface area (Å²) >= 11 is 0. The van der Waals surface area contributed by atoms with Crippen molar-refractivity contribution in [3.05, 3.63) is 29.3 Å². The summed E-state index contributed by atoms with van der Waals surface area (Å²) in [6.45, 7) is 8.42. The zero-order chi connectivity index (χ0) is 13.7. The highest BCUT2D eigenvalue weighted by atomic mass is 16.5. The summed E-state index contributed by atoms with van der Waals surface area (Å²) in [7, 11) is 0. The van der Waals surface area contributed by atoms with Gasteiger partial charge < -0.3 is 10.5 Å². The Morgan fingerprint density at radius 1 is 1.39 bits per heavy atom. The van der Waals surface area contributed by atoms with Crippen molar-refractivity contribution in [2.24, 2.45) is 5.73 Å². The predicted molar refractivity (Wildman–Crippen MR) is 76.5 cm³/mol. The van der Waals surface area contributed by atoms with Gasteiger partial charge in [0.1, 0.15) is 11.9 Å². The second kappa shape index (κ2) is 6.43. The molecule has 18 heavy (non-hydrogen) atoms. The van der Waals surface area contributed by atoms with Crippen molar-refractivity contribution in [1.82, 2.24) is 0 Å². The maximum absolute atomic E-state index is 7.37. The predicted octanol–water partition coefficient (Wildman–Crippen LogP) is 3.60. The molecule has 0 saturated carbocycles. The molecule has 0 amide bonds. The van der Waals surface area contributed by atoms with Gasteiger partial charge in [-0.2, -0.15) is 0 Å². The topological polar surface area (TPSA) is 59.1 Å². The Bertz CT molecular complexity index is 413. The van der Waals surface area contributed by atoms with Crippen LogP contribution in [0.1, 0.15) is 50.7 Å². The van der Waals surface area contributed by atoms with Crippen LogP contribution in [0.15, 0.2) is 18.2 Å². The lowest BCUT2D eigenvalue weighted by Gasteiger charge is -2.21. The van der Waals surface area contributed by atoms with E-state index in [4.69, 9.17) is 15.9 Å². The molecule has 1 atom stereocenters. The monoisotopic (exact) mass is 248 g/mol. The molecule has 1 rings (SSSR count). The van der Waals surface area contributed by atoms with Gasteiger partial charge in [0.25, 0.3) is 0 Å². The number of aryl methyl sites for hydroxylation is 1. The standard InChI is InChI=1S/C15H24N2O/c1-5-12(9-15(16)17)18-14-8-11(4)6-7-13(14)10(2)3/h6-8,10,12H,5,9H2,1-4H3,(H3,16,17). The van der Waals surface area contributed by atoms with Gasteiger partial charge in [0.15, 0.2) is 0 Å². The first-order valence-corrected chi connectivity index (χ1v) is 6.54. The van der Waals surface area contributed by atoms with E-state index in [1.54, 1.807) is 0 Å². The van der Waals surface area contributed by atoms with Crippen LogP contribution >= 0.6 is 0 Å². The van der Waals surface area contributed by atoms with Crippen LogP contribution in [0.2, 0.25) is 0 Å². The Morgan fingerprint density at radius 2 is 2.06 bits per heavy atom. The molecular weight excluding hydrogens is 224 g/mol. The fourth-order valence-electron chi connectivity index (χ4n) is 1.91. The number of nitrogens with two attached hydrogens (primary N) is 1. The van der Waals surface area contributed by atoms with Crippen molar-refractivity contribution in [2.75, 3.05) is 0 Å². The van der Waals surface area contributed by atoms with Crippen molar-refractivity contribution in [3.8, 4) is 5.75 Å². The van der Waals surface area contributed by atoms with Gasteiger partial charge in [-0.15, -0.1) is 0 Å². The molecular formula is C15H24N2O. The maximum atomic E-state index is 7.37. The van der Waals surface area contributed by atoms with E-state index in [0.717, 1.165) is 12.2 Å². The largest absolute Gasteiger partial charge is 0.490 e. The van der Waals surface area contributed by atoms with Crippen LogP contribution in [-0.4, -0.2) is 11.9 Å². The van der Waals surface area contributed by atoms with E-state index in [1.165, 1.54) is 11.1 Å². The molecule has 0 bridgehead atoms. The highest BCUT2D eigenvalue weighted by molar-refractivity contribution is 5.77. The summed E-state index contributed by atoms with van der Waals surface area (Å²) in [5.74, 6) is 1.54. The van der Waals surface area contributed by atoms with E-state index in [0.29, 0.717) is 12.3 Å². The van der Waals surface area contributed by atoms with E-state index < -0.39 is 0 Å². The number of ether oxygens (including phenoxy) is 1. The normalized spacial score (nSPS) is 12.5. The smallest absolute Gasteiger partial charge is 0.123 e. The van der Waals surface area contributed by atoms with Crippen LogP contribution in [0.5, 0.6) is 5.75 Å². The van der Waals surface area contributed by atoms with Crippen molar-refractivity contribution in [2.45, 2.75) is 52.6 Å². The summed E-state index contributed by atoms with van der Waals surface area (Å²) < 4.78 is 6.03. The Balaban J connectivity index is 2.93. The molecule has 0 aromatic heterocycles. The van der Waals surface area contributed by atoms with Crippen LogP contribution in [0.25, 0.3) is 0 Å². The average Bonchev–Trinajstić information content (AvgIpc) is 2.27. The number of nitrogens with one attached hydrogen (secondary N) is 1. The Kier molecular flexibility index (Phi) is 5.20. The fourth-order valence-corrected chi connectivity index (χ4v) is 1.91. The van der Waals surface area contributed by atoms with Crippen molar-refractivity contribution >= 4 is 5.84 Å². The molecule has 0 aliphatic heterocycles. The number of hydrogen-bond donors (Lipinski definition) is 2. The van der Waals surface area contributed by atoms with Crippen LogP contribution in [-0.2, 0) is 0 Å². The molecule has 3 N–H and O–H groups in total. The lowest BCUT2D eigenvalue weighted by Crippen LogP contribution is -2.24. The molecule has 0 aliphatic carbocycles. The van der Waals surface area contributed by atoms with Gasteiger partial charge in [0.05, 0.1) is 5.84 Å². The zero-order valence-corrected chi connectivity index (χ0v) is 11.8. The Hall–Kier alpha value is -1.51. The minimum atomic E-state index is -0.0122. The summed E-state index contributed by atoms with van der Waals surface area (Å²) in [6, 6.07) is 6.29. The lowest BCUT2D eigenvalue weighted by molar-refractivity contribution is 0.202. The number of amidine groups is 1. The average molecular weight is 248 g/mol. The molecule has 0 saturated heterocycles. The van der Waals surface area contributed by atoms with E-state index in [-0.39, 0.29) is 11.9 Å². The first-order chi connectivity index (χ1) is 8.43. The van der Waals surface area contributed by atoms with Gasteiger partial charge in [-0.05, 0) is 36.5 Å². The van der Waals surface area contributed by atoms with Gasteiger partial charge in [0.2, 0.25) is 0 Å². The first kappa shape index (κ1) is 14.6. The summed E-state index contributed by atoms with van der Waals surface area (Å²) in [5.41, 5.74) is 7.85. The molecule has 3 nitrogen and oxygen atoms in total. The lowest BCUT2D eigenvalue weighted by atomic mass is 10.0. The third-order valence-corrected chi connectivity index (χ3v) is 2.99. The second-order valence-electron chi connectivity index (χ2n) is 5.07.